The molecule has 1 saturated heterocycles. The third-order valence-electron chi connectivity index (χ3n) is 3.83. The summed E-state index contributed by atoms with van der Waals surface area (Å²) in [7, 11) is 0. The lowest BCUT2D eigenvalue weighted by molar-refractivity contribution is 0.0883. The number of carbonyl (C=O) groups is 1. The summed E-state index contributed by atoms with van der Waals surface area (Å²) in [4.78, 5) is 13.9. The lowest BCUT2D eigenvalue weighted by Gasteiger charge is -2.29. The van der Waals surface area contributed by atoms with Crippen molar-refractivity contribution in [1.82, 2.24) is 14.7 Å². The molecule has 2 amide bonds. The van der Waals surface area contributed by atoms with Crippen LogP contribution in [0, 0.1) is 6.92 Å². The van der Waals surface area contributed by atoms with Gasteiger partial charge in [-0.25, -0.2) is 9.48 Å². The van der Waals surface area contributed by atoms with Crippen LogP contribution in [-0.4, -0.2) is 45.0 Å². The number of amides is 2. The molecule has 6 nitrogen and oxygen atoms in total. The van der Waals surface area contributed by atoms with Gasteiger partial charge in [0.25, 0.3) is 0 Å². The molecule has 1 aromatic heterocycles. The highest BCUT2D eigenvalue weighted by Gasteiger charge is 2.23. The van der Waals surface area contributed by atoms with E-state index in [1.807, 2.05) is 43.5 Å². The number of nitrogens with one attached hydrogen (secondary N) is 1. The molecular formula is C16H20N4O2. The summed E-state index contributed by atoms with van der Waals surface area (Å²) in [6.07, 6.45) is 3.04. The van der Waals surface area contributed by atoms with Crippen molar-refractivity contribution in [2.45, 2.75) is 25.9 Å². The zero-order valence-corrected chi connectivity index (χ0v) is 12.6. The van der Waals surface area contributed by atoms with Gasteiger partial charge in [0.1, 0.15) is 0 Å². The third kappa shape index (κ3) is 3.12. The van der Waals surface area contributed by atoms with E-state index in [1.165, 1.54) is 0 Å². The van der Waals surface area contributed by atoms with Crippen molar-refractivity contribution in [2.24, 2.45) is 0 Å². The van der Waals surface area contributed by atoms with E-state index in [4.69, 9.17) is 0 Å². The van der Waals surface area contributed by atoms with Crippen molar-refractivity contribution in [3.63, 3.8) is 0 Å². The maximum absolute atomic E-state index is 12.3. The predicted molar refractivity (Wildman–Crippen MR) is 84.1 cm³/mol. The molecule has 1 fully saturated rings. The lowest BCUT2D eigenvalue weighted by Crippen LogP contribution is -2.44. The summed E-state index contributed by atoms with van der Waals surface area (Å²) in [6, 6.07) is 9.54. The number of carbonyl (C=O) groups excluding carboxylic acids is 1. The van der Waals surface area contributed by atoms with E-state index < -0.39 is 6.10 Å². The number of urea groups is 1. The third-order valence-corrected chi connectivity index (χ3v) is 3.83. The quantitative estimate of drug-likeness (QED) is 0.893. The Hall–Kier alpha value is -2.34. The molecule has 2 N–H and O–H groups in total. The molecule has 0 radical (unpaired) electrons. The van der Waals surface area contributed by atoms with Crippen molar-refractivity contribution >= 4 is 11.8 Å². The number of anilines is 1. The number of hydrogen-bond acceptors (Lipinski definition) is 3. The van der Waals surface area contributed by atoms with Crippen LogP contribution in [0.2, 0.25) is 0 Å². The van der Waals surface area contributed by atoms with Gasteiger partial charge in [-0.3, -0.25) is 5.32 Å². The zero-order valence-electron chi connectivity index (χ0n) is 12.6. The Morgan fingerprint density at radius 2 is 2.14 bits per heavy atom. The maximum Gasteiger partial charge on any atom is 0.323 e. The summed E-state index contributed by atoms with van der Waals surface area (Å²) >= 11 is 0. The van der Waals surface area contributed by atoms with Gasteiger partial charge >= 0.3 is 6.03 Å². The number of para-hydroxylation sites is 1. The number of piperidine rings is 1. The number of aryl methyl sites for hydroxylation is 1. The van der Waals surface area contributed by atoms with Gasteiger partial charge in [-0.2, -0.15) is 0 Å². The standard InChI is InChI=1S/C16H20N4O2/c1-12-10-20(13-6-3-2-4-7-13)18-15(12)17-16(22)19-9-5-8-14(21)11-19/h2-4,6-7,10,14,21H,5,8-9,11H2,1H3,(H,17,18,22)/t14-/m0/s1. The number of likely N-dealkylation sites (tertiary alicyclic amines) is 1. The Balaban J connectivity index is 1.73. The molecule has 1 aliphatic rings. The molecule has 1 aliphatic heterocycles. The highest BCUT2D eigenvalue weighted by molar-refractivity contribution is 5.89. The largest absolute Gasteiger partial charge is 0.391 e. The Bertz CT molecular complexity index is 653. The summed E-state index contributed by atoms with van der Waals surface area (Å²) in [5, 5.41) is 16.9. The second-order valence-electron chi connectivity index (χ2n) is 5.61. The van der Waals surface area contributed by atoms with Crippen LogP contribution in [0.1, 0.15) is 18.4 Å². The number of hydrogen-bond donors (Lipinski definition) is 2. The van der Waals surface area contributed by atoms with Gasteiger partial charge < -0.3 is 10.0 Å². The number of aliphatic hydroxyl groups is 1. The van der Waals surface area contributed by atoms with Gasteiger partial charge in [-0.1, -0.05) is 18.2 Å². The fourth-order valence-electron chi connectivity index (χ4n) is 2.62. The number of rotatable bonds is 2. The first-order chi connectivity index (χ1) is 10.6. The van der Waals surface area contributed by atoms with Crippen LogP contribution in [0.4, 0.5) is 10.6 Å². The normalized spacial score (nSPS) is 18.3. The van der Waals surface area contributed by atoms with Crippen molar-refractivity contribution < 1.29 is 9.90 Å². The van der Waals surface area contributed by atoms with Crippen LogP contribution in [0.25, 0.3) is 5.69 Å². The topological polar surface area (TPSA) is 70.4 Å². The highest BCUT2D eigenvalue weighted by Crippen LogP contribution is 2.17. The Morgan fingerprint density at radius 3 is 2.86 bits per heavy atom. The molecule has 0 unspecified atom stereocenters. The summed E-state index contributed by atoms with van der Waals surface area (Å²) in [5.74, 6) is 0.550. The zero-order chi connectivity index (χ0) is 15.5. The van der Waals surface area contributed by atoms with Crippen LogP contribution in [-0.2, 0) is 0 Å². The fourth-order valence-corrected chi connectivity index (χ4v) is 2.62. The number of aliphatic hydroxyl groups excluding tert-OH is 1. The van der Waals surface area contributed by atoms with Crippen LogP contribution in [0.3, 0.4) is 0 Å². The average molecular weight is 300 g/mol. The molecule has 3 rings (SSSR count). The van der Waals surface area contributed by atoms with E-state index in [1.54, 1.807) is 9.58 Å². The molecule has 2 heterocycles. The van der Waals surface area contributed by atoms with Crippen molar-refractivity contribution in [3.8, 4) is 5.69 Å². The second-order valence-corrected chi connectivity index (χ2v) is 5.61. The number of benzene rings is 1. The monoisotopic (exact) mass is 300 g/mol. The first-order valence-electron chi connectivity index (χ1n) is 7.49. The molecule has 22 heavy (non-hydrogen) atoms. The Morgan fingerprint density at radius 1 is 1.36 bits per heavy atom. The van der Waals surface area contributed by atoms with E-state index in [9.17, 15) is 9.90 Å². The smallest absolute Gasteiger partial charge is 0.323 e. The van der Waals surface area contributed by atoms with Gasteiger partial charge in [-0.05, 0) is 31.9 Å². The SMILES string of the molecule is Cc1cn(-c2ccccc2)nc1NC(=O)N1CCC[C@H](O)C1. The number of nitrogens with zero attached hydrogens (tertiary/aromatic N) is 3. The Kier molecular flexibility index (Phi) is 4.11. The predicted octanol–water partition coefficient (Wildman–Crippen LogP) is 2.17. The van der Waals surface area contributed by atoms with Crippen LogP contribution < -0.4 is 5.32 Å². The van der Waals surface area contributed by atoms with E-state index in [-0.39, 0.29) is 6.03 Å². The van der Waals surface area contributed by atoms with Crippen LogP contribution >= 0.6 is 0 Å². The maximum atomic E-state index is 12.3. The van der Waals surface area contributed by atoms with E-state index >= 15 is 0 Å². The summed E-state index contributed by atoms with van der Waals surface area (Å²) < 4.78 is 1.75. The number of β-amino-alcohol motifs (C(OH)–C–C–N with tert-alkyl or cyclic N) is 1. The molecule has 0 spiro atoms. The van der Waals surface area contributed by atoms with Gasteiger partial charge in [0.15, 0.2) is 5.82 Å². The average Bonchev–Trinajstić information content (AvgIpc) is 2.89. The van der Waals surface area contributed by atoms with Crippen LogP contribution in [0.15, 0.2) is 36.5 Å². The Labute approximate surface area is 129 Å². The van der Waals surface area contributed by atoms with E-state index in [0.29, 0.717) is 18.9 Å². The van der Waals surface area contributed by atoms with Gasteiger partial charge in [0.05, 0.1) is 11.8 Å². The fraction of sp³-hybridized carbons (Fsp3) is 0.375. The minimum Gasteiger partial charge on any atom is -0.391 e. The molecule has 0 saturated carbocycles. The second kappa shape index (κ2) is 6.19. The van der Waals surface area contributed by atoms with Gasteiger partial charge in [0, 0.05) is 24.8 Å². The molecule has 116 valence electrons. The molecule has 6 heteroatoms. The van der Waals surface area contributed by atoms with Gasteiger partial charge in [0.2, 0.25) is 0 Å². The molecule has 2 aromatic rings. The molecule has 0 bridgehead atoms. The van der Waals surface area contributed by atoms with Crippen molar-refractivity contribution in [3.05, 3.63) is 42.1 Å². The first kappa shape index (κ1) is 14.6. The minimum absolute atomic E-state index is 0.208. The number of aromatic nitrogens is 2. The van der Waals surface area contributed by atoms with E-state index in [2.05, 4.69) is 10.4 Å². The lowest BCUT2D eigenvalue weighted by atomic mass is 10.1. The van der Waals surface area contributed by atoms with Crippen molar-refractivity contribution in [2.75, 3.05) is 18.4 Å². The van der Waals surface area contributed by atoms with E-state index in [0.717, 1.165) is 24.1 Å². The first-order valence-corrected chi connectivity index (χ1v) is 7.49. The molecule has 1 atom stereocenters. The molecule has 0 aliphatic carbocycles. The summed E-state index contributed by atoms with van der Waals surface area (Å²) in [6.45, 7) is 2.96. The van der Waals surface area contributed by atoms with Gasteiger partial charge in [-0.15, -0.1) is 5.10 Å². The molecular weight excluding hydrogens is 280 g/mol. The van der Waals surface area contributed by atoms with Crippen molar-refractivity contribution in [1.29, 1.82) is 0 Å². The summed E-state index contributed by atoms with van der Waals surface area (Å²) in [5.41, 5.74) is 1.84. The minimum atomic E-state index is -0.428. The highest BCUT2D eigenvalue weighted by atomic mass is 16.3. The molecule has 1 aromatic carbocycles. The van der Waals surface area contributed by atoms with Crippen LogP contribution in [0.5, 0.6) is 0 Å².